The second kappa shape index (κ2) is 5.80. The molecule has 16 heavy (non-hydrogen) atoms. The molecule has 0 spiro atoms. The molecule has 0 amide bonds. The van der Waals surface area contributed by atoms with Crippen LogP contribution in [0.25, 0.3) is 0 Å². The molecule has 2 rings (SSSR count). The van der Waals surface area contributed by atoms with Gasteiger partial charge in [-0.1, -0.05) is 31.4 Å². The van der Waals surface area contributed by atoms with Crippen LogP contribution in [0.3, 0.4) is 0 Å². The Hall–Kier alpha value is -0.380. The molecule has 3 unspecified atom stereocenters. The predicted octanol–water partition coefficient (Wildman–Crippen LogP) is 1.52. The summed E-state index contributed by atoms with van der Waals surface area (Å²) in [7, 11) is 0. The van der Waals surface area contributed by atoms with Crippen LogP contribution in [0.4, 0.5) is 0 Å². The van der Waals surface area contributed by atoms with Crippen molar-refractivity contribution in [2.24, 2.45) is 11.7 Å². The lowest BCUT2D eigenvalue weighted by Crippen LogP contribution is -2.45. The molecule has 2 aliphatic carbocycles. The smallest absolute Gasteiger partial charge is 0.111 e. The third kappa shape index (κ3) is 3.30. The maximum atomic E-state index is 10.1. The number of aliphatic hydroxyl groups is 1. The zero-order valence-electron chi connectivity index (χ0n) is 9.94. The molecule has 4 N–H and O–H groups in total. The number of rotatable bonds is 3. The van der Waals surface area contributed by atoms with Crippen LogP contribution in [-0.2, 0) is 0 Å². The van der Waals surface area contributed by atoms with E-state index in [1.165, 1.54) is 32.1 Å². The molecule has 0 saturated heterocycles. The fourth-order valence-electron chi connectivity index (χ4n) is 2.82. The second-order valence-corrected chi connectivity index (χ2v) is 5.27. The second-order valence-electron chi connectivity index (χ2n) is 5.27. The van der Waals surface area contributed by atoms with Gasteiger partial charge in [-0.3, -0.25) is 5.32 Å². The van der Waals surface area contributed by atoms with Crippen molar-refractivity contribution < 1.29 is 5.11 Å². The van der Waals surface area contributed by atoms with Gasteiger partial charge in [0, 0.05) is 18.0 Å². The third-order valence-electron chi connectivity index (χ3n) is 3.81. The monoisotopic (exact) mass is 224 g/mol. The molecule has 0 bridgehead atoms. The SMILES string of the molecule is NC1CC=CC(C(O)NC2CCCCC2)C1. The first kappa shape index (κ1) is 12.1. The van der Waals surface area contributed by atoms with Crippen LogP contribution in [-0.4, -0.2) is 23.4 Å². The Morgan fingerprint density at radius 2 is 2.00 bits per heavy atom. The van der Waals surface area contributed by atoms with E-state index < -0.39 is 6.23 Å². The van der Waals surface area contributed by atoms with Crippen LogP contribution in [0, 0.1) is 5.92 Å². The van der Waals surface area contributed by atoms with Gasteiger partial charge < -0.3 is 10.8 Å². The summed E-state index contributed by atoms with van der Waals surface area (Å²) >= 11 is 0. The average Bonchev–Trinajstić information content (AvgIpc) is 2.30. The Morgan fingerprint density at radius 3 is 2.69 bits per heavy atom. The number of nitrogens with one attached hydrogen (secondary N) is 1. The molecular formula is C13H24N2O. The van der Waals surface area contributed by atoms with E-state index in [0.717, 1.165) is 12.8 Å². The Balaban J connectivity index is 1.79. The summed E-state index contributed by atoms with van der Waals surface area (Å²) in [6, 6.07) is 0.730. The molecule has 2 aliphatic rings. The van der Waals surface area contributed by atoms with E-state index in [-0.39, 0.29) is 12.0 Å². The zero-order valence-corrected chi connectivity index (χ0v) is 9.94. The maximum absolute atomic E-state index is 10.1. The Labute approximate surface area is 98.1 Å². The van der Waals surface area contributed by atoms with Gasteiger partial charge in [0.2, 0.25) is 0 Å². The molecule has 0 aromatic carbocycles. The quantitative estimate of drug-likeness (QED) is 0.503. The van der Waals surface area contributed by atoms with Gasteiger partial charge in [-0.25, -0.2) is 0 Å². The summed E-state index contributed by atoms with van der Waals surface area (Å²) in [4.78, 5) is 0. The van der Waals surface area contributed by atoms with Gasteiger partial charge in [-0.15, -0.1) is 0 Å². The van der Waals surface area contributed by atoms with E-state index >= 15 is 0 Å². The molecule has 0 aromatic rings. The highest BCUT2D eigenvalue weighted by molar-refractivity contribution is 5.00. The van der Waals surface area contributed by atoms with Gasteiger partial charge in [0.25, 0.3) is 0 Å². The maximum Gasteiger partial charge on any atom is 0.111 e. The minimum Gasteiger partial charge on any atom is -0.378 e. The van der Waals surface area contributed by atoms with Crippen LogP contribution < -0.4 is 11.1 Å². The minimum absolute atomic E-state index is 0.200. The van der Waals surface area contributed by atoms with Crippen molar-refractivity contribution in [1.82, 2.24) is 5.32 Å². The zero-order chi connectivity index (χ0) is 11.4. The van der Waals surface area contributed by atoms with E-state index in [2.05, 4.69) is 17.5 Å². The van der Waals surface area contributed by atoms with Crippen molar-refractivity contribution in [1.29, 1.82) is 0 Å². The number of hydrogen-bond acceptors (Lipinski definition) is 3. The van der Waals surface area contributed by atoms with E-state index in [0.29, 0.717) is 6.04 Å². The minimum atomic E-state index is -0.411. The Kier molecular flexibility index (Phi) is 4.38. The number of hydrogen-bond donors (Lipinski definition) is 3. The predicted molar refractivity (Wildman–Crippen MR) is 65.9 cm³/mol. The summed E-state index contributed by atoms with van der Waals surface area (Å²) < 4.78 is 0. The summed E-state index contributed by atoms with van der Waals surface area (Å²) in [6.07, 6.45) is 12.0. The van der Waals surface area contributed by atoms with Gasteiger partial charge in [0.15, 0.2) is 0 Å². The topological polar surface area (TPSA) is 58.3 Å². The fraction of sp³-hybridized carbons (Fsp3) is 0.846. The van der Waals surface area contributed by atoms with E-state index in [4.69, 9.17) is 5.73 Å². The molecule has 1 fully saturated rings. The number of aliphatic hydroxyl groups excluding tert-OH is 1. The molecule has 0 radical (unpaired) electrons. The van der Waals surface area contributed by atoms with Crippen LogP contribution in [0.1, 0.15) is 44.9 Å². The highest BCUT2D eigenvalue weighted by Crippen LogP contribution is 2.22. The van der Waals surface area contributed by atoms with Gasteiger partial charge in [-0.05, 0) is 25.7 Å². The van der Waals surface area contributed by atoms with Crippen LogP contribution >= 0.6 is 0 Å². The molecule has 0 heterocycles. The molecule has 3 heteroatoms. The van der Waals surface area contributed by atoms with Gasteiger partial charge in [-0.2, -0.15) is 0 Å². The van der Waals surface area contributed by atoms with Crippen molar-refractivity contribution in [3.8, 4) is 0 Å². The summed E-state index contributed by atoms with van der Waals surface area (Å²) in [5, 5.41) is 13.5. The van der Waals surface area contributed by atoms with Crippen LogP contribution in [0.2, 0.25) is 0 Å². The van der Waals surface area contributed by atoms with E-state index in [1.54, 1.807) is 0 Å². The molecule has 92 valence electrons. The van der Waals surface area contributed by atoms with Crippen molar-refractivity contribution >= 4 is 0 Å². The first-order chi connectivity index (χ1) is 7.75. The summed E-state index contributed by atoms with van der Waals surface area (Å²) in [5.41, 5.74) is 5.91. The lowest BCUT2D eigenvalue weighted by Gasteiger charge is -2.31. The standard InChI is InChI=1S/C13H24N2O/c14-11-6-4-5-10(9-11)13(16)15-12-7-2-1-3-8-12/h4-5,10-13,15-16H,1-3,6-9,14H2. The first-order valence-electron chi connectivity index (χ1n) is 6.62. The molecule has 3 nitrogen and oxygen atoms in total. The summed E-state index contributed by atoms with van der Waals surface area (Å²) in [5.74, 6) is 0.200. The van der Waals surface area contributed by atoms with Crippen molar-refractivity contribution in [2.45, 2.75) is 63.3 Å². The highest BCUT2D eigenvalue weighted by Gasteiger charge is 2.24. The molecule has 1 saturated carbocycles. The highest BCUT2D eigenvalue weighted by atomic mass is 16.3. The average molecular weight is 224 g/mol. The van der Waals surface area contributed by atoms with Gasteiger partial charge in [0.05, 0.1) is 0 Å². The van der Waals surface area contributed by atoms with E-state index in [9.17, 15) is 5.11 Å². The molecular weight excluding hydrogens is 200 g/mol. The lowest BCUT2D eigenvalue weighted by molar-refractivity contribution is 0.0672. The molecule has 0 aliphatic heterocycles. The molecule has 0 aromatic heterocycles. The number of nitrogens with two attached hydrogens (primary N) is 1. The van der Waals surface area contributed by atoms with Crippen LogP contribution in [0.15, 0.2) is 12.2 Å². The largest absolute Gasteiger partial charge is 0.378 e. The molecule has 3 atom stereocenters. The Bertz CT molecular complexity index is 236. The normalized spacial score (nSPS) is 33.9. The van der Waals surface area contributed by atoms with Crippen LogP contribution in [0.5, 0.6) is 0 Å². The van der Waals surface area contributed by atoms with Crippen molar-refractivity contribution in [2.75, 3.05) is 0 Å². The third-order valence-corrected chi connectivity index (χ3v) is 3.81. The summed E-state index contributed by atoms with van der Waals surface area (Å²) in [6.45, 7) is 0. The lowest BCUT2D eigenvalue weighted by atomic mass is 9.89. The fourth-order valence-corrected chi connectivity index (χ4v) is 2.82. The first-order valence-corrected chi connectivity index (χ1v) is 6.62. The van der Waals surface area contributed by atoms with Gasteiger partial charge >= 0.3 is 0 Å². The Morgan fingerprint density at radius 1 is 1.25 bits per heavy atom. The van der Waals surface area contributed by atoms with Crippen molar-refractivity contribution in [3.05, 3.63) is 12.2 Å². The van der Waals surface area contributed by atoms with E-state index in [1.807, 2.05) is 0 Å². The van der Waals surface area contributed by atoms with Gasteiger partial charge in [0.1, 0.15) is 6.23 Å². The van der Waals surface area contributed by atoms with Crippen molar-refractivity contribution in [3.63, 3.8) is 0 Å².